The molecule has 0 spiro atoms. The standard InChI is InChI=1S/C20H20N2O4/c1-12-18(23)21-16-8-4-7-15(17(16)26-12)19(24)22-20(9-10-20)13-5-3-6-14(11-13)25-2/h3-8,11-12H,9-10H2,1-2H3,(H,21,23)(H,22,24). The second kappa shape index (κ2) is 6.05. The van der Waals surface area contributed by atoms with Crippen molar-refractivity contribution in [1.29, 1.82) is 0 Å². The van der Waals surface area contributed by atoms with E-state index in [1.165, 1.54) is 0 Å². The van der Waals surface area contributed by atoms with Crippen molar-refractivity contribution in [2.75, 3.05) is 12.4 Å². The van der Waals surface area contributed by atoms with Crippen LogP contribution in [0.2, 0.25) is 0 Å². The van der Waals surface area contributed by atoms with Crippen LogP contribution in [-0.4, -0.2) is 25.0 Å². The van der Waals surface area contributed by atoms with Crippen LogP contribution in [0.4, 0.5) is 5.69 Å². The van der Waals surface area contributed by atoms with Crippen LogP contribution in [0.1, 0.15) is 35.7 Å². The molecule has 6 nitrogen and oxygen atoms in total. The van der Waals surface area contributed by atoms with E-state index >= 15 is 0 Å². The molecule has 1 fully saturated rings. The zero-order valence-electron chi connectivity index (χ0n) is 14.7. The molecule has 2 aliphatic rings. The van der Waals surface area contributed by atoms with Crippen LogP contribution >= 0.6 is 0 Å². The molecule has 1 atom stereocenters. The van der Waals surface area contributed by atoms with Gasteiger partial charge in [0.25, 0.3) is 11.8 Å². The number of ether oxygens (including phenoxy) is 2. The number of hydrogen-bond acceptors (Lipinski definition) is 4. The van der Waals surface area contributed by atoms with Crippen LogP contribution in [0, 0.1) is 0 Å². The van der Waals surface area contributed by atoms with Crippen LogP contribution < -0.4 is 20.1 Å². The van der Waals surface area contributed by atoms with E-state index in [-0.39, 0.29) is 17.4 Å². The first-order chi connectivity index (χ1) is 12.5. The highest BCUT2D eigenvalue weighted by molar-refractivity contribution is 6.04. The number of carbonyl (C=O) groups excluding carboxylic acids is 2. The molecule has 2 N–H and O–H groups in total. The maximum Gasteiger partial charge on any atom is 0.265 e. The Hall–Kier alpha value is -3.02. The van der Waals surface area contributed by atoms with Gasteiger partial charge in [-0.05, 0) is 49.6 Å². The molecule has 0 radical (unpaired) electrons. The summed E-state index contributed by atoms with van der Waals surface area (Å²) in [5, 5.41) is 5.91. The van der Waals surface area contributed by atoms with Crippen molar-refractivity contribution in [3.8, 4) is 11.5 Å². The number of methoxy groups -OCH3 is 1. The Morgan fingerprint density at radius 2 is 2.04 bits per heavy atom. The number of nitrogens with one attached hydrogen (secondary N) is 2. The number of fused-ring (bicyclic) bond motifs is 1. The molecule has 1 heterocycles. The highest BCUT2D eigenvalue weighted by Gasteiger charge is 2.46. The summed E-state index contributed by atoms with van der Waals surface area (Å²) in [4.78, 5) is 24.7. The van der Waals surface area contributed by atoms with Gasteiger partial charge in [0.1, 0.15) is 5.75 Å². The van der Waals surface area contributed by atoms with Gasteiger partial charge in [-0.3, -0.25) is 9.59 Å². The maximum absolute atomic E-state index is 13.0. The highest BCUT2D eigenvalue weighted by atomic mass is 16.5. The average molecular weight is 352 g/mol. The molecule has 4 rings (SSSR count). The lowest BCUT2D eigenvalue weighted by atomic mass is 10.0. The Morgan fingerprint density at radius 1 is 1.27 bits per heavy atom. The number of hydrogen-bond donors (Lipinski definition) is 2. The number of amides is 2. The molecule has 134 valence electrons. The minimum Gasteiger partial charge on any atom is -0.497 e. The Morgan fingerprint density at radius 3 is 2.77 bits per heavy atom. The molecule has 0 bridgehead atoms. The smallest absolute Gasteiger partial charge is 0.265 e. The van der Waals surface area contributed by atoms with E-state index in [0.29, 0.717) is 17.0 Å². The third-order valence-corrected chi connectivity index (χ3v) is 4.91. The average Bonchev–Trinajstić information content (AvgIpc) is 3.43. The number of rotatable bonds is 4. The van der Waals surface area contributed by atoms with E-state index in [1.54, 1.807) is 32.2 Å². The summed E-state index contributed by atoms with van der Waals surface area (Å²) < 4.78 is 11.0. The minimum absolute atomic E-state index is 0.217. The van der Waals surface area contributed by atoms with Crippen molar-refractivity contribution in [3.63, 3.8) is 0 Å². The fourth-order valence-electron chi connectivity index (χ4n) is 3.22. The summed E-state index contributed by atoms with van der Waals surface area (Å²) in [5.74, 6) is 0.745. The molecule has 2 aromatic rings. The molecule has 1 saturated carbocycles. The number of anilines is 1. The van der Waals surface area contributed by atoms with Gasteiger partial charge in [-0.2, -0.15) is 0 Å². The molecule has 26 heavy (non-hydrogen) atoms. The molecule has 0 saturated heterocycles. The number of para-hydroxylation sites is 1. The molecule has 2 amide bonds. The number of benzene rings is 2. The van der Waals surface area contributed by atoms with Gasteiger partial charge < -0.3 is 20.1 Å². The third kappa shape index (κ3) is 2.77. The Kier molecular flexibility index (Phi) is 3.83. The Labute approximate surface area is 151 Å². The van der Waals surface area contributed by atoms with E-state index in [1.807, 2.05) is 24.3 Å². The van der Waals surface area contributed by atoms with Gasteiger partial charge in [-0.1, -0.05) is 18.2 Å². The van der Waals surface area contributed by atoms with Crippen molar-refractivity contribution < 1.29 is 19.1 Å². The van der Waals surface area contributed by atoms with Crippen molar-refractivity contribution in [2.24, 2.45) is 0 Å². The SMILES string of the molecule is COc1cccc(C2(NC(=O)c3cccc4c3OC(C)C(=O)N4)CC2)c1. The summed E-state index contributed by atoms with van der Waals surface area (Å²) in [6.45, 7) is 1.66. The van der Waals surface area contributed by atoms with E-state index in [0.717, 1.165) is 24.2 Å². The van der Waals surface area contributed by atoms with E-state index in [4.69, 9.17) is 9.47 Å². The van der Waals surface area contributed by atoms with Gasteiger partial charge in [0.15, 0.2) is 11.9 Å². The van der Waals surface area contributed by atoms with Crippen LogP contribution in [-0.2, 0) is 10.3 Å². The van der Waals surface area contributed by atoms with E-state index < -0.39 is 6.10 Å². The van der Waals surface area contributed by atoms with Crippen LogP contribution in [0.15, 0.2) is 42.5 Å². The largest absolute Gasteiger partial charge is 0.497 e. The first-order valence-corrected chi connectivity index (χ1v) is 8.60. The molecule has 6 heteroatoms. The summed E-state index contributed by atoms with van der Waals surface area (Å²) in [5.41, 5.74) is 1.59. The van der Waals surface area contributed by atoms with Gasteiger partial charge >= 0.3 is 0 Å². The molecule has 1 aliphatic carbocycles. The van der Waals surface area contributed by atoms with Crippen LogP contribution in [0.5, 0.6) is 11.5 Å². The molecule has 2 aromatic carbocycles. The predicted molar refractivity (Wildman–Crippen MR) is 96.5 cm³/mol. The first-order valence-electron chi connectivity index (χ1n) is 8.60. The second-order valence-electron chi connectivity index (χ2n) is 6.70. The second-order valence-corrected chi connectivity index (χ2v) is 6.70. The molecular formula is C20H20N2O4. The summed E-state index contributed by atoms with van der Waals surface area (Å²) in [6.07, 6.45) is 1.11. The predicted octanol–water partition coefficient (Wildman–Crippen LogP) is 2.83. The minimum atomic E-state index is -0.635. The summed E-state index contributed by atoms with van der Waals surface area (Å²) >= 11 is 0. The highest BCUT2D eigenvalue weighted by Crippen LogP contribution is 2.47. The summed E-state index contributed by atoms with van der Waals surface area (Å²) in [7, 11) is 1.63. The van der Waals surface area contributed by atoms with Crippen LogP contribution in [0.25, 0.3) is 0 Å². The molecule has 1 unspecified atom stereocenters. The molecule has 0 aromatic heterocycles. The fourth-order valence-corrected chi connectivity index (χ4v) is 3.22. The lowest BCUT2D eigenvalue weighted by Crippen LogP contribution is -2.38. The van der Waals surface area contributed by atoms with Gasteiger partial charge in [0.05, 0.1) is 23.9 Å². The third-order valence-electron chi connectivity index (χ3n) is 4.91. The van der Waals surface area contributed by atoms with Gasteiger partial charge in [-0.15, -0.1) is 0 Å². The van der Waals surface area contributed by atoms with Crippen molar-refractivity contribution in [3.05, 3.63) is 53.6 Å². The monoisotopic (exact) mass is 352 g/mol. The zero-order chi connectivity index (χ0) is 18.3. The van der Waals surface area contributed by atoms with Gasteiger partial charge in [-0.25, -0.2) is 0 Å². The normalized spacial score (nSPS) is 19.6. The lowest BCUT2D eigenvalue weighted by Gasteiger charge is -2.26. The van der Waals surface area contributed by atoms with E-state index in [2.05, 4.69) is 10.6 Å². The van der Waals surface area contributed by atoms with Gasteiger partial charge in [0.2, 0.25) is 0 Å². The molecular weight excluding hydrogens is 332 g/mol. The Balaban J connectivity index is 1.61. The molecule has 1 aliphatic heterocycles. The van der Waals surface area contributed by atoms with E-state index in [9.17, 15) is 9.59 Å². The van der Waals surface area contributed by atoms with Crippen molar-refractivity contribution in [1.82, 2.24) is 5.32 Å². The summed E-state index contributed by atoms with van der Waals surface area (Å²) in [6, 6.07) is 12.9. The van der Waals surface area contributed by atoms with Gasteiger partial charge in [0, 0.05) is 0 Å². The zero-order valence-corrected chi connectivity index (χ0v) is 14.7. The lowest BCUT2D eigenvalue weighted by molar-refractivity contribution is -0.122. The first kappa shape index (κ1) is 16.4. The van der Waals surface area contributed by atoms with Crippen molar-refractivity contribution in [2.45, 2.75) is 31.4 Å². The fraction of sp³-hybridized carbons (Fsp3) is 0.300. The maximum atomic E-state index is 13.0. The topological polar surface area (TPSA) is 76.7 Å². The quantitative estimate of drug-likeness (QED) is 0.887. The number of carbonyl (C=O) groups is 2. The Bertz CT molecular complexity index is 889. The van der Waals surface area contributed by atoms with Crippen LogP contribution in [0.3, 0.4) is 0 Å². The van der Waals surface area contributed by atoms with Crippen molar-refractivity contribution >= 4 is 17.5 Å².